The molecule has 0 saturated carbocycles. The van der Waals surface area contributed by atoms with Gasteiger partial charge in [-0.3, -0.25) is 14.2 Å². The zero-order chi connectivity index (χ0) is 17.6. The van der Waals surface area contributed by atoms with Crippen LogP contribution in [0.5, 0.6) is 0 Å². The third kappa shape index (κ3) is 3.55. The molecular formula is C18H16N4O3. The van der Waals surface area contributed by atoms with Gasteiger partial charge in [0.15, 0.2) is 0 Å². The first-order valence-corrected chi connectivity index (χ1v) is 7.72. The summed E-state index contributed by atoms with van der Waals surface area (Å²) in [6, 6.07) is 10.5. The first-order valence-electron chi connectivity index (χ1n) is 7.72. The Bertz CT molecular complexity index is 980. The molecule has 0 aromatic carbocycles. The fourth-order valence-corrected chi connectivity index (χ4v) is 2.24. The Labute approximate surface area is 143 Å². The van der Waals surface area contributed by atoms with E-state index in [-0.39, 0.29) is 23.4 Å². The maximum Gasteiger partial charge on any atom is 0.341 e. The van der Waals surface area contributed by atoms with Gasteiger partial charge in [0.2, 0.25) is 0 Å². The molecule has 0 unspecified atom stereocenters. The van der Waals surface area contributed by atoms with Crippen molar-refractivity contribution in [1.82, 2.24) is 14.4 Å². The van der Waals surface area contributed by atoms with Crippen LogP contribution in [0.1, 0.15) is 12.6 Å². The van der Waals surface area contributed by atoms with Crippen molar-refractivity contribution in [2.45, 2.75) is 6.92 Å². The van der Waals surface area contributed by atoms with Gasteiger partial charge in [-0.25, -0.2) is 9.78 Å². The van der Waals surface area contributed by atoms with E-state index in [9.17, 15) is 9.59 Å². The van der Waals surface area contributed by atoms with Gasteiger partial charge in [-0.05, 0) is 31.2 Å². The highest BCUT2D eigenvalue weighted by molar-refractivity contribution is 6.16. The van der Waals surface area contributed by atoms with Crippen LogP contribution in [0.25, 0.3) is 11.2 Å². The molecular weight excluding hydrogens is 320 g/mol. The van der Waals surface area contributed by atoms with Gasteiger partial charge in [0.1, 0.15) is 16.9 Å². The third-order valence-corrected chi connectivity index (χ3v) is 3.42. The van der Waals surface area contributed by atoms with E-state index in [1.54, 1.807) is 55.7 Å². The van der Waals surface area contributed by atoms with Gasteiger partial charge in [0.25, 0.3) is 5.56 Å². The fraction of sp³-hybridized carbons (Fsp3) is 0.111. The zero-order valence-electron chi connectivity index (χ0n) is 13.5. The van der Waals surface area contributed by atoms with Crippen LogP contribution in [0, 0.1) is 0 Å². The average molecular weight is 336 g/mol. The van der Waals surface area contributed by atoms with Crippen molar-refractivity contribution in [1.29, 1.82) is 0 Å². The van der Waals surface area contributed by atoms with Crippen molar-refractivity contribution in [3.05, 3.63) is 77.2 Å². The van der Waals surface area contributed by atoms with E-state index in [2.05, 4.69) is 15.3 Å². The number of nitrogens with zero attached hydrogens (tertiary/aromatic N) is 3. The van der Waals surface area contributed by atoms with Crippen LogP contribution in [0.4, 0.5) is 5.69 Å². The molecule has 0 radical (unpaired) electrons. The van der Waals surface area contributed by atoms with Gasteiger partial charge < -0.3 is 10.1 Å². The second kappa shape index (κ2) is 7.39. The normalized spacial score (nSPS) is 11.3. The lowest BCUT2D eigenvalue weighted by Gasteiger charge is -2.08. The molecule has 3 aromatic rings. The lowest BCUT2D eigenvalue weighted by atomic mass is 10.2. The number of anilines is 1. The molecule has 0 fully saturated rings. The number of rotatable bonds is 5. The van der Waals surface area contributed by atoms with Crippen LogP contribution < -0.4 is 10.9 Å². The number of hydrogen-bond donors (Lipinski definition) is 1. The maximum atomic E-state index is 12.5. The summed E-state index contributed by atoms with van der Waals surface area (Å²) in [5.74, 6) is -0.525. The Hall–Kier alpha value is -3.48. The third-order valence-electron chi connectivity index (χ3n) is 3.42. The van der Waals surface area contributed by atoms with Crippen molar-refractivity contribution < 1.29 is 9.53 Å². The van der Waals surface area contributed by atoms with E-state index in [1.165, 1.54) is 16.8 Å². The molecule has 7 nitrogen and oxygen atoms in total. The summed E-state index contributed by atoms with van der Waals surface area (Å²) in [5, 5.41) is 2.84. The van der Waals surface area contributed by atoms with E-state index in [0.29, 0.717) is 11.3 Å². The molecule has 0 spiro atoms. The summed E-state index contributed by atoms with van der Waals surface area (Å²) in [4.78, 5) is 33.0. The van der Waals surface area contributed by atoms with Crippen LogP contribution in [-0.4, -0.2) is 26.9 Å². The van der Waals surface area contributed by atoms with Crippen LogP contribution in [-0.2, 0) is 9.53 Å². The Morgan fingerprint density at radius 2 is 2.08 bits per heavy atom. The Kier molecular flexibility index (Phi) is 4.84. The highest BCUT2D eigenvalue weighted by Crippen LogP contribution is 2.14. The summed E-state index contributed by atoms with van der Waals surface area (Å²) in [6.45, 7) is 1.96. The number of aromatic nitrogens is 3. The minimum atomic E-state index is -0.525. The van der Waals surface area contributed by atoms with Crippen molar-refractivity contribution >= 4 is 22.9 Å². The second-order valence-electron chi connectivity index (χ2n) is 5.04. The molecule has 0 aliphatic heterocycles. The first kappa shape index (κ1) is 16.4. The van der Waals surface area contributed by atoms with E-state index in [1.807, 2.05) is 0 Å². The minimum absolute atomic E-state index is 0.222. The monoisotopic (exact) mass is 336 g/mol. The smallest absolute Gasteiger partial charge is 0.341 e. The van der Waals surface area contributed by atoms with Gasteiger partial charge >= 0.3 is 5.97 Å². The second-order valence-corrected chi connectivity index (χ2v) is 5.04. The van der Waals surface area contributed by atoms with Crippen LogP contribution in [0.3, 0.4) is 0 Å². The van der Waals surface area contributed by atoms with Crippen molar-refractivity contribution in [2.75, 3.05) is 11.9 Å². The van der Waals surface area contributed by atoms with Crippen molar-refractivity contribution in [3.63, 3.8) is 0 Å². The number of hydrogen-bond acceptors (Lipinski definition) is 6. The number of nitrogens with one attached hydrogen (secondary N) is 1. The van der Waals surface area contributed by atoms with Gasteiger partial charge in [0, 0.05) is 18.6 Å². The van der Waals surface area contributed by atoms with E-state index in [4.69, 9.17) is 4.74 Å². The van der Waals surface area contributed by atoms with E-state index in [0.717, 1.165) is 0 Å². The first-order chi connectivity index (χ1) is 12.2. The molecule has 3 rings (SSSR count). The Balaban J connectivity index is 1.98. The SMILES string of the molecule is CCOC(=O)/C(=C/Nc1cnc2ccccn2c1=O)c1ccccn1. The number of esters is 1. The summed E-state index contributed by atoms with van der Waals surface area (Å²) in [6.07, 6.45) is 6.04. The summed E-state index contributed by atoms with van der Waals surface area (Å²) >= 11 is 0. The minimum Gasteiger partial charge on any atom is -0.462 e. The average Bonchev–Trinajstić information content (AvgIpc) is 2.65. The Morgan fingerprint density at radius 3 is 2.84 bits per heavy atom. The number of carbonyl (C=O) groups excluding carboxylic acids is 1. The lowest BCUT2D eigenvalue weighted by molar-refractivity contribution is -0.136. The van der Waals surface area contributed by atoms with E-state index < -0.39 is 5.97 Å². The molecule has 0 amide bonds. The molecule has 7 heteroatoms. The molecule has 0 atom stereocenters. The van der Waals surface area contributed by atoms with E-state index >= 15 is 0 Å². The lowest BCUT2D eigenvalue weighted by Crippen LogP contribution is -2.18. The van der Waals surface area contributed by atoms with Gasteiger partial charge in [0.05, 0.1) is 18.5 Å². The molecule has 0 bridgehead atoms. The fourth-order valence-electron chi connectivity index (χ4n) is 2.24. The van der Waals surface area contributed by atoms with Crippen LogP contribution >= 0.6 is 0 Å². The predicted octanol–water partition coefficient (Wildman–Crippen LogP) is 2.11. The van der Waals surface area contributed by atoms with Gasteiger partial charge in [-0.1, -0.05) is 12.1 Å². The number of ether oxygens (including phenoxy) is 1. The van der Waals surface area contributed by atoms with Crippen LogP contribution in [0.2, 0.25) is 0 Å². The van der Waals surface area contributed by atoms with Crippen molar-refractivity contribution in [3.8, 4) is 0 Å². The number of carbonyl (C=O) groups is 1. The number of fused-ring (bicyclic) bond motifs is 1. The van der Waals surface area contributed by atoms with Gasteiger partial charge in [-0.2, -0.15) is 0 Å². The van der Waals surface area contributed by atoms with Gasteiger partial charge in [-0.15, -0.1) is 0 Å². The molecule has 25 heavy (non-hydrogen) atoms. The largest absolute Gasteiger partial charge is 0.462 e. The van der Waals surface area contributed by atoms with Crippen LogP contribution in [0.15, 0.2) is 66.0 Å². The zero-order valence-corrected chi connectivity index (χ0v) is 13.5. The molecule has 3 aromatic heterocycles. The predicted molar refractivity (Wildman–Crippen MR) is 93.9 cm³/mol. The standard InChI is InChI=1S/C18H16N4O3/c1-2-25-18(24)13(14-7-3-5-9-19-14)11-20-15-12-21-16-8-4-6-10-22(16)17(15)23/h3-12,20H,2H2,1H3/b13-11+. The summed E-state index contributed by atoms with van der Waals surface area (Å²) in [5.41, 5.74) is 1.17. The van der Waals surface area contributed by atoms with Crippen molar-refractivity contribution in [2.24, 2.45) is 0 Å². The highest BCUT2D eigenvalue weighted by Gasteiger charge is 2.14. The summed E-state index contributed by atoms with van der Waals surface area (Å²) in [7, 11) is 0. The number of pyridine rings is 2. The molecule has 0 aliphatic rings. The quantitative estimate of drug-likeness (QED) is 0.567. The topological polar surface area (TPSA) is 85.6 Å². The Morgan fingerprint density at radius 1 is 1.24 bits per heavy atom. The maximum absolute atomic E-state index is 12.5. The molecule has 0 aliphatic carbocycles. The molecule has 0 saturated heterocycles. The highest BCUT2D eigenvalue weighted by atomic mass is 16.5. The molecule has 126 valence electrons. The summed E-state index contributed by atoms with van der Waals surface area (Å²) < 4.78 is 6.48. The molecule has 3 heterocycles. The molecule has 1 N–H and O–H groups in total.